The lowest BCUT2D eigenvalue weighted by Gasteiger charge is -2.20. The van der Waals surface area contributed by atoms with Crippen molar-refractivity contribution < 1.29 is 4.79 Å². The van der Waals surface area contributed by atoms with Crippen molar-refractivity contribution in [3.05, 3.63) is 28.8 Å². The van der Waals surface area contributed by atoms with Crippen molar-refractivity contribution in [1.29, 1.82) is 0 Å². The first-order valence-corrected chi connectivity index (χ1v) is 6.39. The minimum Gasteiger partial charge on any atom is -0.324 e. The molecule has 1 atom stereocenters. The summed E-state index contributed by atoms with van der Waals surface area (Å²) in [5, 5.41) is 4.65. The molecule has 0 radical (unpaired) electrons. The van der Waals surface area contributed by atoms with Crippen LogP contribution < -0.4 is 11.2 Å². The van der Waals surface area contributed by atoms with Crippen LogP contribution in [0.3, 0.4) is 0 Å². The summed E-state index contributed by atoms with van der Waals surface area (Å²) in [5.74, 6) is 5.81. The Morgan fingerprint density at radius 3 is 2.44 bits per heavy atom. The van der Waals surface area contributed by atoms with Crippen LogP contribution in [-0.2, 0) is 4.79 Å². The number of nitrogens with zero attached hydrogens (tertiary/aromatic N) is 1. The molecule has 0 spiro atoms. The molecule has 1 fully saturated rings. The Morgan fingerprint density at radius 2 is 1.94 bits per heavy atom. The van der Waals surface area contributed by atoms with Crippen LogP contribution in [0, 0.1) is 20.8 Å². The summed E-state index contributed by atoms with van der Waals surface area (Å²) in [6.45, 7) is 6.89. The molecule has 0 bridgehead atoms. The van der Waals surface area contributed by atoms with Gasteiger partial charge in [0, 0.05) is 12.2 Å². The Labute approximate surface area is 108 Å². The summed E-state index contributed by atoms with van der Waals surface area (Å²) in [6, 6.07) is 3.97. The van der Waals surface area contributed by atoms with Crippen LogP contribution in [0.25, 0.3) is 0 Å². The van der Waals surface area contributed by atoms with E-state index in [1.165, 1.54) is 5.56 Å². The number of hydrazine groups is 1. The van der Waals surface area contributed by atoms with Gasteiger partial charge in [0.1, 0.15) is 6.04 Å². The number of aryl methyl sites for hydroxylation is 3. The number of carbonyl (C=O) groups is 1. The Balaban J connectivity index is 2.17. The maximum Gasteiger partial charge on any atom is 0.243 e. The lowest BCUT2D eigenvalue weighted by Crippen LogP contribution is -2.43. The molecule has 1 aromatic carbocycles. The number of amides is 1. The zero-order chi connectivity index (χ0) is 13.3. The molecule has 1 amide bonds. The van der Waals surface area contributed by atoms with Gasteiger partial charge in [-0.3, -0.25) is 10.6 Å². The van der Waals surface area contributed by atoms with E-state index in [0.717, 1.165) is 36.2 Å². The van der Waals surface area contributed by atoms with Crippen molar-refractivity contribution in [3.63, 3.8) is 0 Å². The second-order valence-corrected chi connectivity index (χ2v) is 5.16. The fraction of sp³-hybridized carbons (Fsp3) is 0.500. The van der Waals surface area contributed by atoms with E-state index in [1.807, 2.05) is 13.8 Å². The number of hydrogen-bond acceptors (Lipinski definition) is 3. The molecule has 18 heavy (non-hydrogen) atoms. The minimum atomic E-state index is -0.190. The first-order valence-electron chi connectivity index (χ1n) is 6.39. The van der Waals surface area contributed by atoms with Crippen LogP contribution in [0.15, 0.2) is 12.1 Å². The Hall–Kier alpha value is -1.39. The standard InChI is InChI=1S/C14H21N3O/c1-9-7-10(2)13(11(3)8-9)16-14(18)12-5-4-6-17(12)15/h7-8,12H,4-6,15H2,1-3H3,(H,16,18)/t12-/m0/s1. The lowest BCUT2D eigenvalue weighted by atomic mass is 10.0. The Morgan fingerprint density at radius 1 is 1.33 bits per heavy atom. The van der Waals surface area contributed by atoms with Gasteiger partial charge < -0.3 is 5.32 Å². The van der Waals surface area contributed by atoms with Crippen molar-refractivity contribution >= 4 is 11.6 Å². The summed E-state index contributed by atoms with van der Waals surface area (Å²) in [7, 11) is 0. The molecular weight excluding hydrogens is 226 g/mol. The smallest absolute Gasteiger partial charge is 0.243 e. The largest absolute Gasteiger partial charge is 0.324 e. The molecule has 3 N–H and O–H groups in total. The van der Waals surface area contributed by atoms with Crippen LogP contribution in [-0.4, -0.2) is 23.5 Å². The maximum absolute atomic E-state index is 12.2. The fourth-order valence-corrected chi connectivity index (χ4v) is 2.65. The summed E-state index contributed by atoms with van der Waals surface area (Å²) in [6.07, 6.45) is 1.83. The van der Waals surface area contributed by atoms with E-state index >= 15 is 0 Å². The lowest BCUT2D eigenvalue weighted by molar-refractivity contribution is -0.120. The van der Waals surface area contributed by atoms with Crippen LogP contribution in [0.1, 0.15) is 29.5 Å². The van der Waals surface area contributed by atoms with Gasteiger partial charge in [-0.25, -0.2) is 5.01 Å². The van der Waals surface area contributed by atoms with Gasteiger partial charge in [-0.2, -0.15) is 0 Å². The number of nitrogens with one attached hydrogen (secondary N) is 1. The molecule has 0 saturated carbocycles. The Bertz CT molecular complexity index is 447. The third kappa shape index (κ3) is 2.54. The van der Waals surface area contributed by atoms with E-state index in [0.29, 0.717) is 0 Å². The number of nitrogens with two attached hydrogens (primary N) is 1. The van der Waals surface area contributed by atoms with Crippen molar-refractivity contribution in [1.82, 2.24) is 5.01 Å². The third-order valence-corrected chi connectivity index (χ3v) is 3.52. The highest BCUT2D eigenvalue weighted by Crippen LogP contribution is 2.23. The zero-order valence-electron chi connectivity index (χ0n) is 11.3. The normalized spacial score (nSPS) is 20.1. The topological polar surface area (TPSA) is 58.4 Å². The Kier molecular flexibility index (Phi) is 3.68. The molecule has 0 aliphatic carbocycles. The molecule has 1 aromatic rings. The van der Waals surface area contributed by atoms with Crippen LogP contribution in [0.2, 0.25) is 0 Å². The number of benzene rings is 1. The molecule has 1 heterocycles. The molecule has 0 unspecified atom stereocenters. The molecule has 2 rings (SSSR count). The quantitative estimate of drug-likeness (QED) is 0.785. The number of rotatable bonds is 2. The van der Waals surface area contributed by atoms with Gasteiger partial charge in [0.2, 0.25) is 5.91 Å². The molecule has 1 aliphatic heterocycles. The molecule has 1 saturated heterocycles. The highest BCUT2D eigenvalue weighted by molar-refractivity contribution is 5.96. The van der Waals surface area contributed by atoms with Crippen molar-refractivity contribution in [2.75, 3.05) is 11.9 Å². The third-order valence-electron chi connectivity index (χ3n) is 3.52. The summed E-state index contributed by atoms with van der Waals surface area (Å²) >= 11 is 0. The molecule has 98 valence electrons. The predicted octanol–water partition coefficient (Wildman–Crippen LogP) is 1.89. The van der Waals surface area contributed by atoms with Crippen molar-refractivity contribution in [3.8, 4) is 0 Å². The maximum atomic E-state index is 12.2. The van der Waals surface area contributed by atoms with Crippen LogP contribution in [0.5, 0.6) is 0 Å². The van der Waals surface area contributed by atoms with Gasteiger partial charge in [0.15, 0.2) is 0 Å². The average molecular weight is 247 g/mol. The second kappa shape index (κ2) is 5.08. The fourth-order valence-electron chi connectivity index (χ4n) is 2.65. The van der Waals surface area contributed by atoms with Gasteiger partial charge in [-0.15, -0.1) is 0 Å². The monoisotopic (exact) mass is 247 g/mol. The van der Waals surface area contributed by atoms with Gasteiger partial charge in [0.05, 0.1) is 0 Å². The van der Waals surface area contributed by atoms with Gasteiger partial charge in [-0.05, 0) is 44.7 Å². The second-order valence-electron chi connectivity index (χ2n) is 5.16. The first-order chi connectivity index (χ1) is 8.49. The number of hydrogen-bond donors (Lipinski definition) is 2. The van der Waals surface area contributed by atoms with Gasteiger partial charge in [0.25, 0.3) is 0 Å². The molecule has 1 aliphatic rings. The van der Waals surface area contributed by atoms with E-state index in [9.17, 15) is 4.79 Å². The summed E-state index contributed by atoms with van der Waals surface area (Å²) in [5.41, 5.74) is 4.33. The minimum absolute atomic E-state index is 0.00468. The SMILES string of the molecule is Cc1cc(C)c(NC(=O)[C@@H]2CCCN2N)c(C)c1. The van der Waals surface area contributed by atoms with Crippen molar-refractivity contribution in [2.45, 2.75) is 39.7 Å². The van der Waals surface area contributed by atoms with Gasteiger partial charge >= 0.3 is 0 Å². The zero-order valence-corrected chi connectivity index (χ0v) is 11.3. The molecule has 4 heteroatoms. The highest BCUT2D eigenvalue weighted by atomic mass is 16.2. The first kappa shape index (κ1) is 13.1. The van der Waals surface area contributed by atoms with Gasteiger partial charge in [-0.1, -0.05) is 17.7 Å². The molecular formula is C14H21N3O. The van der Waals surface area contributed by atoms with E-state index in [2.05, 4.69) is 24.4 Å². The summed E-state index contributed by atoms with van der Waals surface area (Å²) < 4.78 is 0. The van der Waals surface area contributed by atoms with Crippen molar-refractivity contribution in [2.24, 2.45) is 5.84 Å². The molecule has 0 aromatic heterocycles. The highest BCUT2D eigenvalue weighted by Gasteiger charge is 2.28. The van der Waals surface area contributed by atoms with E-state index < -0.39 is 0 Å². The summed E-state index contributed by atoms with van der Waals surface area (Å²) in [4.78, 5) is 12.2. The number of anilines is 1. The van der Waals surface area contributed by atoms with Crippen LogP contribution >= 0.6 is 0 Å². The van der Waals surface area contributed by atoms with E-state index in [1.54, 1.807) is 5.01 Å². The predicted molar refractivity (Wildman–Crippen MR) is 73.2 cm³/mol. The average Bonchev–Trinajstić information content (AvgIpc) is 2.69. The van der Waals surface area contributed by atoms with E-state index in [4.69, 9.17) is 5.84 Å². The molecule has 4 nitrogen and oxygen atoms in total. The van der Waals surface area contributed by atoms with E-state index in [-0.39, 0.29) is 11.9 Å². The van der Waals surface area contributed by atoms with Crippen LogP contribution in [0.4, 0.5) is 5.69 Å². The number of carbonyl (C=O) groups excluding carboxylic acids is 1.